The first-order valence-electron chi connectivity index (χ1n) is 5.81. The summed E-state index contributed by atoms with van der Waals surface area (Å²) in [5.41, 5.74) is 1.35. The van der Waals surface area contributed by atoms with Crippen molar-refractivity contribution in [3.05, 3.63) is 33.1 Å². The normalized spacial score (nSPS) is 12.4. The largest absolute Gasteiger partial charge is 0.391 e. The molecule has 0 radical (unpaired) electrons. The molecule has 6 nitrogen and oxygen atoms in total. The Morgan fingerprint density at radius 2 is 2.32 bits per heavy atom. The molecule has 1 amide bonds. The standard InChI is InChI=1S/C12H15N3O3S/c1-6(10-5-19-8(3)14-10)13-12(17)11-9(4-16)7(2)18-15-11/h5-6,16H,4H2,1-3H3,(H,13,17). The summed E-state index contributed by atoms with van der Waals surface area (Å²) in [6.07, 6.45) is 0. The Labute approximate surface area is 114 Å². The van der Waals surface area contributed by atoms with Crippen molar-refractivity contribution in [2.75, 3.05) is 0 Å². The van der Waals surface area contributed by atoms with Crippen LogP contribution in [0.2, 0.25) is 0 Å². The molecule has 102 valence electrons. The second kappa shape index (κ2) is 5.50. The second-order valence-electron chi connectivity index (χ2n) is 4.21. The van der Waals surface area contributed by atoms with Gasteiger partial charge in [0.05, 0.1) is 28.9 Å². The molecule has 0 aliphatic carbocycles. The molecule has 19 heavy (non-hydrogen) atoms. The number of rotatable bonds is 4. The lowest BCUT2D eigenvalue weighted by Gasteiger charge is -2.10. The Balaban J connectivity index is 2.12. The van der Waals surface area contributed by atoms with Crippen molar-refractivity contribution in [1.29, 1.82) is 0 Å². The van der Waals surface area contributed by atoms with Crippen molar-refractivity contribution < 1.29 is 14.4 Å². The summed E-state index contributed by atoms with van der Waals surface area (Å²) in [4.78, 5) is 16.4. The van der Waals surface area contributed by atoms with Crippen LogP contribution in [0.1, 0.15) is 45.5 Å². The molecule has 2 heterocycles. The first-order valence-corrected chi connectivity index (χ1v) is 6.69. The molecule has 2 rings (SSSR count). The number of hydrogen-bond donors (Lipinski definition) is 2. The molecule has 0 aliphatic rings. The van der Waals surface area contributed by atoms with Gasteiger partial charge in [-0.25, -0.2) is 4.98 Å². The molecule has 0 aromatic carbocycles. The van der Waals surface area contributed by atoms with Gasteiger partial charge in [-0.15, -0.1) is 11.3 Å². The van der Waals surface area contributed by atoms with Crippen molar-refractivity contribution in [3.8, 4) is 0 Å². The SMILES string of the molecule is Cc1nc(C(C)NC(=O)c2noc(C)c2CO)cs1. The number of thiazole rings is 1. The maximum Gasteiger partial charge on any atom is 0.274 e. The lowest BCUT2D eigenvalue weighted by atomic mass is 10.2. The number of aromatic nitrogens is 2. The molecule has 0 aliphatic heterocycles. The van der Waals surface area contributed by atoms with E-state index in [1.54, 1.807) is 6.92 Å². The fraction of sp³-hybridized carbons (Fsp3) is 0.417. The van der Waals surface area contributed by atoms with Crippen LogP contribution in [0.3, 0.4) is 0 Å². The summed E-state index contributed by atoms with van der Waals surface area (Å²) >= 11 is 1.53. The van der Waals surface area contributed by atoms with Gasteiger partial charge in [-0.2, -0.15) is 0 Å². The monoisotopic (exact) mass is 281 g/mol. The van der Waals surface area contributed by atoms with Gasteiger partial charge in [0.25, 0.3) is 5.91 Å². The minimum absolute atomic E-state index is 0.124. The highest BCUT2D eigenvalue weighted by Crippen LogP contribution is 2.18. The molecule has 2 aromatic rings. The number of aryl methyl sites for hydroxylation is 2. The summed E-state index contributed by atoms with van der Waals surface area (Å²) in [5, 5.41) is 18.5. The number of nitrogens with one attached hydrogen (secondary N) is 1. The molecular weight excluding hydrogens is 266 g/mol. The van der Waals surface area contributed by atoms with Gasteiger partial charge in [0, 0.05) is 5.38 Å². The van der Waals surface area contributed by atoms with Gasteiger partial charge >= 0.3 is 0 Å². The van der Waals surface area contributed by atoms with Crippen LogP contribution in [-0.4, -0.2) is 21.2 Å². The highest BCUT2D eigenvalue weighted by atomic mass is 32.1. The van der Waals surface area contributed by atoms with E-state index in [0.29, 0.717) is 11.3 Å². The van der Waals surface area contributed by atoms with Gasteiger partial charge in [0.15, 0.2) is 5.69 Å². The molecule has 1 atom stereocenters. The summed E-state index contributed by atoms with van der Waals surface area (Å²) in [6.45, 7) is 5.14. The minimum atomic E-state index is -0.376. The Morgan fingerprint density at radius 3 is 2.89 bits per heavy atom. The van der Waals surface area contributed by atoms with E-state index in [-0.39, 0.29) is 24.2 Å². The zero-order chi connectivity index (χ0) is 14.0. The van der Waals surface area contributed by atoms with E-state index in [0.717, 1.165) is 10.7 Å². The Bertz CT molecular complexity index is 591. The second-order valence-corrected chi connectivity index (χ2v) is 5.27. The number of carbonyl (C=O) groups excluding carboxylic acids is 1. The van der Waals surface area contributed by atoms with Crippen molar-refractivity contribution in [2.24, 2.45) is 0 Å². The van der Waals surface area contributed by atoms with Crippen LogP contribution in [-0.2, 0) is 6.61 Å². The van der Waals surface area contributed by atoms with Gasteiger partial charge in [0.2, 0.25) is 0 Å². The first-order chi connectivity index (χ1) is 9.02. The molecule has 2 aromatic heterocycles. The summed E-state index contributed by atoms with van der Waals surface area (Å²) in [7, 11) is 0. The van der Waals surface area contributed by atoms with Gasteiger partial charge in [0.1, 0.15) is 5.76 Å². The van der Waals surface area contributed by atoms with Crippen LogP contribution in [0.4, 0.5) is 0 Å². The number of carbonyl (C=O) groups is 1. The lowest BCUT2D eigenvalue weighted by Crippen LogP contribution is -2.28. The summed E-state index contributed by atoms with van der Waals surface area (Å²) in [6, 6.07) is -0.221. The predicted octanol–water partition coefficient (Wildman–Crippen LogP) is 1.73. The van der Waals surface area contributed by atoms with Crippen LogP contribution in [0.25, 0.3) is 0 Å². The van der Waals surface area contributed by atoms with Crippen LogP contribution in [0.5, 0.6) is 0 Å². The van der Waals surface area contributed by atoms with Crippen molar-refractivity contribution in [1.82, 2.24) is 15.5 Å². The average molecular weight is 281 g/mol. The zero-order valence-corrected chi connectivity index (χ0v) is 11.7. The maximum atomic E-state index is 12.1. The third-order valence-electron chi connectivity index (χ3n) is 2.79. The Morgan fingerprint density at radius 1 is 1.58 bits per heavy atom. The molecule has 0 spiro atoms. The molecule has 0 saturated heterocycles. The Kier molecular flexibility index (Phi) is 3.96. The van der Waals surface area contributed by atoms with E-state index in [1.807, 2.05) is 19.2 Å². The quantitative estimate of drug-likeness (QED) is 0.891. The summed E-state index contributed by atoms with van der Waals surface area (Å²) in [5.74, 6) is 0.0730. The third kappa shape index (κ3) is 2.82. The van der Waals surface area contributed by atoms with Crippen LogP contribution in [0.15, 0.2) is 9.90 Å². The molecule has 0 fully saturated rings. The van der Waals surface area contributed by atoms with Crippen LogP contribution >= 0.6 is 11.3 Å². The first kappa shape index (κ1) is 13.7. The van der Waals surface area contributed by atoms with Crippen molar-refractivity contribution in [2.45, 2.75) is 33.4 Å². The number of hydrogen-bond acceptors (Lipinski definition) is 6. The lowest BCUT2D eigenvalue weighted by molar-refractivity contribution is 0.0927. The molecule has 0 saturated carbocycles. The summed E-state index contributed by atoms with van der Waals surface area (Å²) < 4.78 is 4.91. The number of aliphatic hydroxyl groups is 1. The van der Waals surface area contributed by atoms with E-state index in [2.05, 4.69) is 15.5 Å². The van der Waals surface area contributed by atoms with E-state index in [1.165, 1.54) is 11.3 Å². The molecule has 7 heteroatoms. The van der Waals surface area contributed by atoms with E-state index in [4.69, 9.17) is 4.52 Å². The highest BCUT2D eigenvalue weighted by Gasteiger charge is 2.21. The fourth-order valence-corrected chi connectivity index (χ4v) is 2.38. The zero-order valence-electron chi connectivity index (χ0n) is 10.9. The molecular formula is C12H15N3O3S. The van der Waals surface area contributed by atoms with Crippen LogP contribution in [0, 0.1) is 13.8 Å². The fourth-order valence-electron chi connectivity index (χ4n) is 1.67. The topological polar surface area (TPSA) is 88.3 Å². The van der Waals surface area contributed by atoms with Crippen molar-refractivity contribution in [3.63, 3.8) is 0 Å². The van der Waals surface area contributed by atoms with Gasteiger partial charge in [-0.1, -0.05) is 5.16 Å². The maximum absolute atomic E-state index is 12.1. The van der Waals surface area contributed by atoms with Gasteiger partial charge in [-0.3, -0.25) is 4.79 Å². The third-order valence-corrected chi connectivity index (χ3v) is 3.58. The smallest absolute Gasteiger partial charge is 0.274 e. The van der Waals surface area contributed by atoms with E-state index >= 15 is 0 Å². The van der Waals surface area contributed by atoms with E-state index < -0.39 is 0 Å². The minimum Gasteiger partial charge on any atom is -0.391 e. The predicted molar refractivity (Wildman–Crippen MR) is 69.9 cm³/mol. The average Bonchev–Trinajstić information content (AvgIpc) is 2.95. The number of amides is 1. The molecule has 0 bridgehead atoms. The van der Waals surface area contributed by atoms with Gasteiger partial charge < -0.3 is 14.9 Å². The van der Waals surface area contributed by atoms with Crippen molar-refractivity contribution >= 4 is 17.2 Å². The highest BCUT2D eigenvalue weighted by molar-refractivity contribution is 7.09. The van der Waals surface area contributed by atoms with E-state index in [9.17, 15) is 9.90 Å². The van der Waals surface area contributed by atoms with Gasteiger partial charge in [-0.05, 0) is 20.8 Å². The molecule has 1 unspecified atom stereocenters. The molecule has 2 N–H and O–H groups in total. The number of nitrogens with zero attached hydrogens (tertiary/aromatic N) is 2. The number of aliphatic hydroxyl groups excluding tert-OH is 1. The van der Waals surface area contributed by atoms with Crippen LogP contribution < -0.4 is 5.32 Å². The Hall–Kier alpha value is -1.73.